The summed E-state index contributed by atoms with van der Waals surface area (Å²) >= 11 is 0. The lowest BCUT2D eigenvalue weighted by atomic mass is 9.67. The van der Waals surface area contributed by atoms with E-state index in [1.165, 1.54) is 38.9 Å². The maximum atomic E-state index is 7.17. The van der Waals surface area contributed by atoms with Gasteiger partial charge in [0.1, 0.15) is 0 Å². The largest absolute Gasteiger partial charge is 0.398 e. The van der Waals surface area contributed by atoms with Crippen molar-refractivity contribution in [1.29, 1.82) is 0 Å². The van der Waals surface area contributed by atoms with Gasteiger partial charge < -0.3 is 16.5 Å². The first kappa shape index (κ1) is 31.3. The molecule has 50 heavy (non-hydrogen) atoms. The quantitative estimate of drug-likeness (QED) is 0.0984. The molecule has 0 amide bonds. The Balaban J connectivity index is 1.32. The van der Waals surface area contributed by atoms with Crippen molar-refractivity contribution in [2.24, 2.45) is 11.6 Å². The number of hydrogen-bond acceptors (Lipinski definition) is 4. The molecule has 1 unspecified atom stereocenters. The third kappa shape index (κ3) is 5.45. The van der Waals surface area contributed by atoms with E-state index in [4.69, 9.17) is 11.6 Å². The molecule has 3 aliphatic rings. The zero-order valence-electron chi connectivity index (χ0n) is 27.9. The lowest BCUT2D eigenvalue weighted by Crippen LogP contribution is -2.31. The van der Waals surface area contributed by atoms with Gasteiger partial charge in [0.2, 0.25) is 0 Å². The van der Waals surface area contributed by atoms with Gasteiger partial charge >= 0.3 is 0 Å². The fourth-order valence-electron chi connectivity index (χ4n) is 7.84. The minimum absolute atomic E-state index is 0.0138. The van der Waals surface area contributed by atoms with Crippen molar-refractivity contribution in [3.05, 3.63) is 226 Å². The molecule has 4 heteroatoms. The Labute approximate surface area is 294 Å². The molecule has 3 aliphatic carbocycles. The number of benzene rings is 5. The average Bonchev–Trinajstić information content (AvgIpc) is 3.48. The predicted molar refractivity (Wildman–Crippen MR) is 207 cm³/mol. The van der Waals surface area contributed by atoms with Gasteiger partial charge in [-0.2, -0.15) is 0 Å². The first-order chi connectivity index (χ1) is 24.7. The van der Waals surface area contributed by atoms with Crippen molar-refractivity contribution >= 4 is 11.4 Å². The first-order valence-corrected chi connectivity index (χ1v) is 17.2. The summed E-state index contributed by atoms with van der Waals surface area (Å²) in [6.07, 6.45) is 17.7. The van der Waals surface area contributed by atoms with Crippen LogP contribution in [0.3, 0.4) is 0 Å². The van der Waals surface area contributed by atoms with Crippen molar-refractivity contribution in [1.82, 2.24) is 10.7 Å². The van der Waals surface area contributed by atoms with Crippen LogP contribution in [0.5, 0.6) is 0 Å². The number of fused-ring (bicyclic) bond motifs is 3. The van der Waals surface area contributed by atoms with Crippen LogP contribution < -0.4 is 22.3 Å². The predicted octanol–water partition coefficient (Wildman–Crippen LogP) is 8.69. The third-order valence-corrected chi connectivity index (χ3v) is 10.2. The van der Waals surface area contributed by atoms with Gasteiger partial charge in [0.25, 0.3) is 0 Å². The van der Waals surface area contributed by atoms with E-state index in [0.29, 0.717) is 0 Å². The summed E-state index contributed by atoms with van der Waals surface area (Å²) < 4.78 is 0. The van der Waals surface area contributed by atoms with E-state index in [1.54, 1.807) is 0 Å². The van der Waals surface area contributed by atoms with E-state index in [0.717, 1.165) is 46.6 Å². The highest BCUT2D eigenvalue weighted by atomic mass is 15.2. The summed E-state index contributed by atoms with van der Waals surface area (Å²) in [5.41, 5.74) is 24.1. The van der Waals surface area contributed by atoms with Gasteiger partial charge in [0.15, 0.2) is 0 Å². The van der Waals surface area contributed by atoms with Gasteiger partial charge in [-0.3, -0.25) is 5.84 Å². The normalized spacial score (nSPS) is 18.8. The van der Waals surface area contributed by atoms with Gasteiger partial charge in [0.05, 0.1) is 17.2 Å². The molecule has 0 aliphatic heterocycles. The van der Waals surface area contributed by atoms with Gasteiger partial charge in [-0.25, -0.2) is 0 Å². The highest BCUT2D eigenvalue weighted by Gasteiger charge is 2.46. The zero-order chi connectivity index (χ0) is 33.9. The monoisotopic (exact) mass is 648 g/mol. The molecule has 0 spiro atoms. The summed E-state index contributed by atoms with van der Waals surface area (Å²) in [6.45, 7) is 0.745. The molecule has 0 aromatic heterocycles. The van der Waals surface area contributed by atoms with E-state index in [2.05, 4.69) is 181 Å². The number of nitrogens with two attached hydrogens (primary N) is 2. The smallest absolute Gasteiger partial charge is 0.0714 e. The molecule has 6 N–H and O–H groups in total. The van der Waals surface area contributed by atoms with E-state index >= 15 is 0 Å². The molecule has 5 aromatic rings. The van der Waals surface area contributed by atoms with Crippen LogP contribution in [-0.2, 0) is 12.0 Å². The van der Waals surface area contributed by atoms with Crippen molar-refractivity contribution < 1.29 is 0 Å². The van der Waals surface area contributed by atoms with Crippen LogP contribution in [0.25, 0.3) is 22.5 Å². The maximum absolute atomic E-state index is 7.17. The van der Waals surface area contributed by atoms with Crippen LogP contribution in [0.15, 0.2) is 187 Å². The fraction of sp³-hybridized carbons (Fsp3) is 0.0870. The molecule has 0 radical (unpaired) electrons. The molecule has 0 heterocycles. The van der Waals surface area contributed by atoms with Gasteiger partial charge in [-0.1, -0.05) is 164 Å². The van der Waals surface area contributed by atoms with Crippen molar-refractivity contribution in [2.75, 3.05) is 0 Å². The summed E-state index contributed by atoms with van der Waals surface area (Å²) in [5.74, 6) is 6.24. The Kier molecular flexibility index (Phi) is 8.47. The van der Waals surface area contributed by atoms with E-state index < -0.39 is 5.41 Å². The SMILES string of the molecule is NN/C(=C1/C=CC=CC1)c1ccc2c(c1)C(c1ccccc1)(c1ccccc1)c1cc(/C(N)=C3\C=CC=CC3NCc3ccccc3)ccc1-2. The lowest BCUT2D eigenvalue weighted by Gasteiger charge is -2.34. The molecule has 1 atom stereocenters. The van der Waals surface area contributed by atoms with Gasteiger partial charge in [-0.05, 0) is 79.8 Å². The second-order valence-corrected chi connectivity index (χ2v) is 13.0. The van der Waals surface area contributed by atoms with Crippen molar-refractivity contribution in [3.8, 4) is 11.1 Å². The molecule has 0 bridgehead atoms. The molecule has 8 rings (SSSR count). The maximum Gasteiger partial charge on any atom is 0.0714 e. The number of rotatable bonds is 8. The Bertz CT molecular complexity index is 2180. The van der Waals surface area contributed by atoms with Crippen LogP contribution >= 0.6 is 0 Å². The zero-order valence-corrected chi connectivity index (χ0v) is 27.9. The minimum atomic E-state index is -0.593. The lowest BCUT2D eigenvalue weighted by molar-refractivity contribution is 0.658. The number of nitrogens with one attached hydrogen (secondary N) is 2. The number of hydrogen-bond donors (Lipinski definition) is 4. The Morgan fingerprint density at radius 2 is 1.26 bits per heavy atom. The van der Waals surface area contributed by atoms with E-state index in [1.807, 2.05) is 6.07 Å². The summed E-state index contributed by atoms with van der Waals surface area (Å²) in [6, 6.07) is 45.7. The molecular formula is C46H40N4. The number of allylic oxidation sites excluding steroid dienone is 7. The number of hydrazine groups is 1. The van der Waals surface area contributed by atoms with Crippen molar-refractivity contribution in [2.45, 2.75) is 24.4 Å². The molecule has 244 valence electrons. The second kappa shape index (κ2) is 13.5. The van der Waals surface area contributed by atoms with E-state index in [-0.39, 0.29) is 6.04 Å². The average molecular weight is 649 g/mol. The first-order valence-electron chi connectivity index (χ1n) is 17.2. The fourth-order valence-corrected chi connectivity index (χ4v) is 7.84. The van der Waals surface area contributed by atoms with Crippen molar-refractivity contribution in [3.63, 3.8) is 0 Å². The standard InChI is InChI=1S/C46H40N4/c47-44(40-23-13-14-24-43(40)49-31-32-15-5-1-6-16-32)34-25-27-38-39-28-26-35(45(50-48)33-17-7-2-8-18-33)30-42(39)46(41(38)29-34,36-19-9-3-10-20-36)37-21-11-4-12-22-37/h1-17,19-30,43,49-50H,18,31,47-48H2/b44-40-,45-33-. The summed E-state index contributed by atoms with van der Waals surface area (Å²) in [4.78, 5) is 0. The van der Waals surface area contributed by atoms with Crippen LogP contribution in [-0.4, -0.2) is 6.04 Å². The molecule has 5 aromatic carbocycles. The van der Waals surface area contributed by atoms with Gasteiger partial charge in [-0.15, -0.1) is 0 Å². The second-order valence-electron chi connectivity index (χ2n) is 13.0. The summed E-state index contributed by atoms with van der Waals surface area (Å²) in [7, 11) is 0. The van der Waals surface area contributed by atoms with Crippen LogP contribution in [0.2, 0.25) is 0 Å². The highest BCUT2D eigenvalue weighted by molar-refractivity contribution is 5.89. The Morgan fingerprint density at radius 3 is 1.88 bits per heavy atom. The molecule has 0 saturated heterocycles. The minimum Gasteiger partial charge on any atom is -0.398 e. The Morgan fingerprint density at radius 1 is 0.660 bits per heavy atom. The molecule has 4 nitrogen and oxygen atoms in total. The van der Waals surface area contributed by atoms with E-state index in [9.17, 15) is 0 Å². The van der Waals surface area contributed by atoms with Crippen LogP contribution in [0, 0.1) is 0 Å². The Hall–Kier alpha value is -5.94. The third-order valence-electron chi connectivity index (χ3n) is 10.2. The van der Waals surface area contributed by atoms with Crippen LogP contribution in [0.1, 0.15) is 45.4 Å². The van der Waals surface area contributed by atoms with Gasteiger partial charge in [0, 0.05) is 12.2 Å². The topological polar surface area (TPSA) is 76.1 Å². The molecule has 0 fully saturated rings. The molecule has 0 saturated carbocycles. The highest BCUT2D eigenvalue weighted by Crippen LogP contribution is 2.57. The summed E-state index contributed by atoms with van der Waals surface area (Å²) in [5, 5.41) is 3.72. The van der Waals surface area contributed by atoms with Crippen LogP contribution in [0.4, 0.5) is 0 Å². The molecular weight excluding hydrogens is 609 g/mol.